The van der Waals surface area contributed by atoms with Crippen molar-refractivity contribution in [3.05, 3.63) is 30.1 Å². The van der Waals surface area contributed by atoms with E-state index in [0.717, 1.165) is 6.42 Å². The second-order valence-electron chi connectivity index (χ2n) is 3.66. The Balaban J connectivity index is 2.15. The third-order valence-corrected chi connectivity index (χ3v) is 2.07. The maximum atomic E-state index is 12.8. The van der Waals surface area contributed by atoms with Crippen molar-refractivity contribution in [3.8, 4) is 17.8 Å². The molecule has 0 bridgehead atoms. The molecule has 0 unspecified atom stereocenters. The molecule has 1 aromatic carbocycles. The van der Waals surface area contributed by atoms with Gasteiger partial charge in [-0.2, -0.15) is 9.97 Å². The van der Waals surface area contributed by atoms with Crippen molar-refractivity contribution in [2.45, 2.75) is 13.3 Å². The summed E-state index contributed by atoms with van der Waals surface area (Å²) in [4.78, 5) is 11.6. The normalized spacial score (nSPS) is 10.2. The van der Waals surface area contributed by atoms with E-state index in [0.29, 0.717) is 12.4 Å². The first-order valence-electron chi connectivity index (χ1n) is 5.75. The maximum Gasteiger partial charge on any atom is 0.330 e. The molecule has 0 saturated carbocycles. The largest absolute Gasteiger partial charge is 0.463 e. The van der Waals surface area contributed by atoms with Gasteiger partial charge in [0.25, 0.3) is 0 Å². The Morgan fingerprint density at radius 1 is 1.11 bits per heavy atom. The average Bonchev–Trinajstić information content (AvgIpc) is 2.38. The summed E-state index contributed by atoms with van der Waals surface area (Å²) in [5.41, 5.74) is 5.53. The van der Waals surface area contributed by atoms with Gasteiger partial charge in [-0.15, -0.1) is 4.98 Å². The Morgan fingerprint density at radius 3 is 2.47 bits per heavy atom. The summed E-state index contributed by atoms with van der Waals surface area (Å²) in [5, 5.41) is 0. The lowest BCUT2D eigenvalue weighted by atomic mass is 10.3. The summed E-state index contributed by atoms with van der Waals surface area (Å²) < 4.78 is 23.4. The maximum absolute atomic E-state index is 12.8. The van der Waals surface area contributed by atoms with E-state index in [1.807, 2.05) is 6.92 Å². The standard InChI is InChI=1S/C12H13FN4O2/c1-2-7-18-11-15-10(14)16-12(17-11)19-9-5-3-8(13)4-6-9/h3-6H,2,7H2,1H3,(H2,14,15,16,17). The van der Waals surface area contributed by atoms with Gasteiger partial charge in [0, 0.05) is 0 Å². The molecule has 0 aliphatic carbocycles. The topological polar surface area (TPSA) is 83.2 Å². The molecule has 1 aromatic heterocycles. The van der Waals surface area contributed by atoms with Crippen LogP contribution in [0.25, 0.3) is 0 Å². The molecular formula is C12H13FN4O2. The molecule has 2 aromatic rings. The number of nitrogens with two attached hydrogens (primary N) is 1. The van der Waals surface area contributed by atoms with E-state index in [2.05, 4.69) is 15.0 Å². The number of ether oxygens (including phenoxy) is 2. The Bertz CT molecular complexity index is 548. The Hall–Kier alpha value is -2.44. The zero-order valence-corrected chi connectivity index (χ0v) is 10.3. The number of hydrogen-bond acceptors (Lipinski definition) is 6. The number of aromatic nitrogens is 3. The molecular weight excluding hydrogens is 251 g/mol. The third kappa shape index (κ3) is 3.77. The summed E-state index contributed by atoms with van der Waals surface area (Å²) in [6, 6.07) is 5.57. The molecule has 19 heavy (non-hydrogen) atoms. The van der Waals surface area contributed by atoms with Gasteiger partial charge in [-0.1, -0.05) is 6.92 Å². The van der Waals surface area contributed by atoms with Crippen LogP contribution in [0.5, 0.6) is 17.8 Å². The predicted octanol–water partition coefficient (Wildman–Crippen LogP) is 2.17. The lowest BCUT2D eigenvalue weighted by Gasteiger charge is -2.06. The van der Waals surface area contributed by atoms with Crippen LogP contribution in [0.1, 0.15) is 13.3 Å². The first-order valence-corrected chi connectivity index (χ1v) is 5.75. The van der Waals surface area contributed by atoms with Gasteiger partial charge in [-0.05, 0) is 30.7 Å². The average molecular weight is 264 g/mol. The summed E-state index contributed by atoms with van der Waals surface area (Å²) >= 11 is 0. The minimum atomic E-state index is -0.352. The zero-order valence-electron chi connectivity index (χ0n) is 10.3. The fourth-order valence-corrected chi connectivity index (χ4v) is 1.26. The van der Waals surface area contributed by atoms with Crippen LogP contribution in [0.4, 0.5) is 10.3 Å². The fraction of sp³-hybridized carbons (Fsp3) is 0.250. The van der Waals surface area contributed by atoms with Gasteiger partial charge in [0.2, 0.25) is 5.95 Å². The molecule has 6 nitrogen and oxygen atoms in total. The molecule has 0 radical (unpaired) electrons. The summed E-state index contributed by atoms with van der Waals surface area (Å²) in [7, 11) is 0. The van der Waals surface area contributed by atoms with Crippen LogP contribution in [0.15, 0.2) is 24.3 Å². The van der Waals surface area contributed by atoms with Gasteiger partial charge in [0.05, 0.1) is 6.61 Å². The molecule has 0 aliphatic rings. The summed E-state index contributed by atoms with van der Waals surface area (Å²) in [6.45, 7) is 2.43. The van der Waals surface area contributed by atoms with E-state index < -0.39 is 0 Å². The highest BCUT2D eigenvalue weighted by Gasteiger charge is 2.07. The van der Waals surface area contributed by atoms with E-state index in [-0.39, 0.29) is 23.8 Å². The van der Waals surface area contributed by atoms with Crippen molar-refractivity contribution >= 4 is 5.95 Å². The van der Waals surface area contributed by atoms with Crippen LogP contribution >= 0.6 is 0 Å². The number of halogens is 1. The van der Waals surface area contributed by atoms with Gasteiger partial charge < -0.3 is 15.2 Å². The summed E-state index contributed by atoms with van der Waals surface area (Å²) in [5.74, 6) is 0.0427. The van der Waals surface area contributed by atoms with E-state index in [1.165, 1.54) is 24.3 Å². The Morgan fingerprint density at radius 2 is 1.79 bits per heavy atom. The molecule has 0 fully saturated rings. The van der Waals surface area contributed by atoms with Crippen LogP contribution < -0.4 is 15.2 Å². The highest BCUT2D eigenvalue weighted by Crippen LogP contribution is 2.20. The first-order chi connectivity index (χ1) is 9.17. The number of benzene rings is 1. The SMILES string of the molecule is CCCOc1nc(N)nc(Oc2ccc(F)cc2)n1. The van der Waals surface area contributed by atoms with E-state index in [4.69, 9.17) is 15.2 Å². The van der Waals surface area contributed by atoms with Gasteiger partial charge in [0.15, 0.2) is 0 Å². The van der Waals surface area contributed by atoms with Crippen LogP contribution in [0, 0.1) is 5.82 Å². The smallest absolute Gasteiger partial charge is 0.330 e. The molecule has 1 heterocycles. The van der Waals surface area contributed by atoms with Crippen molar-refractivity contribution in [3.63, 3.8) is 0 Å². The monoisotopic (exact) mass is 264 g/mol. The van der Waals surface area contributed by atoms with E-state index in [1.54, 1.807) is 0 Å². The molecule has 2 rings (SSSR count). The first kappa shape index (κ1) is 13.0. The zero-order chi connectivity index (χ0) is 13.7. The van der Waals surface area contributed by atoms with Gasteiger partial charge in [-0.25, -0.2) is 4.39 Å². The molecule has 7 heteroatoms. The highest BCUT2D eigenvalue weighted by atomic mass is 19.1. The van der Waals surface area contributed by atoms with Gasteiger partial charge in [-0.3, -0.25) is 0 Å². The van der Waals surface area contributed by atoms with Crippen molar-refractivity contribution in [2.24, 2.45) is 0 Å². The van der Waals surface area contributed by atoms with Crippen LogP contribution in [-0.4, -0.2) is 21.6 Å². The van der Waals surface area contributed by atoms with E-state index in [9.17, 15) is 4.39 Å². The molecule has 2 N–H and O–H groups in total. The lowest BCUT2D eigenvalue weighted by Crippen LogP contribution is -2.05. The van der Waals surface area contributed by atoms with Crippen LogP contribution in [-0.2, 0) is 0 Å². The Labute approximate surface area is 109 Å². The van der Waals surface area contributed by atoms with Crippen molar-refractivity contribution in [1.29, 1.82) is 0 Å². The Kier molecular flexibility index (Phi) is 4.07. The molecule has 0 spiro atoms. The minimum Gasteiger partial charge on any atom is -0.463 e. The van der Waals surface area contributed by atoms with E-state index >= 15 is 0 Å². The third-order valence-electron chi connectivity index (χ3n) is 2.07. The second kappa shape index (κ2) is 5.94. The molecule has 0 amide bonds. The molecule has 0 aliphatic heterocycles. The number of nitrogen functional groups attached to an aromatic ring is 1. The molecule has 0 saturated heterocycles. The minimum absolute atomic E-state index is 0.00165. The molecule has 0 atom stereocenters. The highest BCUT2D eigenvalue weighted by molar-refractivity contribution is 5.27. The van der Waals surface area contributed by atoms with Crippen molar-refractivity contribution in [2.75, 3.05) is 12.3 Å². The van der Waals surface area contributed by atoms with Crippen molar-refractivity contribution in [1.82, 2.24) is 15.0 Å². The predicted molar refractivity (Wildman–Crippen MR) is 66.5 cm³/mol. The lowest BCUT2D eigenvalue weighted by molar-refractivity contribution is 0.285. The quantitative estimate of drug-likeness (QED) is 0.891. The number of anilines is 1. The number of hydrogen-bond donors (Lipinski definition) is 1. The van der Waals surface area contributed by atoms with Crippen molar-refractivity contribution < 1.29 is 13.9 Å². The van der Waals surface area contributed by atoms with Crippen LogP contribution in [0.3, 0.4) is 0 Å². The summed E-state index contributed by atoms with van der Waals surface area (Å²) in [6.07, 6.45) is 0.819. The van der Waals surface area contributed by atoms with Crippen LogP contribution in [0.2, 0.25) is 0 Å². The fourth-order valence-electron chi connectivity index (χ4n) is 1.26. The number of nitrogens with zero attached hydrogens (tertiary/aromatic N) is 3. The molecule has 100 valence electrons. The second-order valence-corrected chi connectivity index (χ2v) is 3.66. The van der Waals surface area contributed by atoms with Gasteiger partial charge in [0.1, 0.15) is 11.6 Å². The number of rotatable bonds is 5. The van der Waals surface area contributed by atoms with Gasteiger partial charge >= 0.3 is 12.0 Å².